The lowest BCUT2D eigenvalue weighted by Gasteiger charge is -2.34. The average molecular weight is 678 g/mol. The summed E-state index contributed by atoms with van der Waals surface area (Å²) in [6.45, 7) is 5.28. The first-order chi connectivity index (χ1) is 24.5. The van der Waals surface area contributed by atoms with Gasteiger partial charge in [-0.1, -0.05) is 164 Å². The Morgan fingerprint density at radius 1 is 0.720 bits per heavy atom. The van der Waals surface area contributed by atoms with Crippen LogP contribution in [0.1, 0.15) is 59.1 Å². The molecule has 7 aromatic rings. The first kappa shape index (κ1) is 33.1. The molecule has 0 saturated heterocycles. The molecule has 0 aliphatic carbocycles. The van der Waals surface area contributed by atoms with Crippen LogP contribution in [-0.4, -0.2) is 29.8 Å². The van der Waals surface area contributed by atoms with E-state index in [1.807, 2.05) is 24.3 Å². The molecule has 7 rings (SSSR count). The summed E-state index contributed by atoms with van der Waals surface area (Å²) >= 11 is 6.49. The van der Waals surface area contributed by atoms with E-state index in [9.17, 15) is 0 Å². The third-order valence-corrected chi connectivity index (χ3v) is 9.69. The van der Waals surface area contributed by atoms with Crippen molar-refractivity contribution in [1.29, 1.82) is 0 Å². The van der Waals surface area contributed by atoms with E-state index in [0.717, 1.165) is 69.7 Å². The lowest BCUT2D eigenvalue weighted by Crippen LogP contribution is -2.39. The van der Waals surface area contributed by atoms with Crippen LogP contribution >= 0.6 is 11.6 Å². The maximum absolute atomic E-state index is 6.49. The average Bonchev–Trinajstić information content (AvgIpc) is 3.77. The molecule has 2 aromatic heterocycles. The van der Waals surface area contributed by atoms with Crippen LogP contribution < -0.4 is 5.73 Å². The molecule has 0 amide bonds. The number of nitrogens with two attached hydrogens (primary N) is 1. The van der Waals surface area contributed by atoms with E-state index in [1.54, 1.807) is 4.80 Å². The summed E-state index contributed by atoms with van der Waals surface area (Å²) in [4.78, 5) is 6.41. The molecule has 50 heavy (non-hydrogen) atoms. The fraction of sp³-hybridized carbons (Fsp3) is 0.190. The van der Waals surface area contributed by atoms with Crippen molar-refractivity contribution < 1.29 is 0 Å². The summed E-state index contributed by atoms with van der Waals surface area (Å²) in [6.07, 6.45) is 3.01. The summed E-state index contributed by atoms with van der Waals surface area (Å²) in [7, 11) is 0. The van der Waals surface area contributed by atoms with Gasteiger partial charge in [0.2, 0.25) is 5.82 Å². The maximum atomic E-state index is 6.49. The molecule has 0 aliphatic rings. The van der Waals surface area contributed by atoms with Gasteiger partial charge >= 0.3 is 0 Å². The van der Waals surface area contributed by atoms with Crippen molar-refractivity contribution in [3.8, 4) is 22.5 Å². The monoisotopic (exact) mass is 677 g/mol. The van der Waals surface area contributed by atoms with Crippen LogP contribution in [0.4, 0.5) is 0 Å². The van der Waals surface area contributed by atoms with Crippen LogP contribution in [0.25, 0.3) is 22.5 Å². The second-order valence-corrected chi connectivity index (χ2v) is 13.0. The standard InChI is InChI=1S/C42H40ClN7/c1-3-4-19-39-45-40(43)38(28-44)49(39)29-31-22-24-32(25-23-31)36-17-11-12-18-37(36)41-46-48-50(47-41)42(33-13-7-5-8-14-33,34-15-9-6-10-16-34)35-26-20-30(2)21-27-35/h5-18,20-27H,3-4,19,28-29,44H2,1-2H3. The number of aryl methyl sites for hydroxylation is 2. The summed E-state index contributed by atoms with van der Waals surface area (Å²) in [5.74, 6) is 1.53. The third-order valence-electron chi connectivity index (χ3n) is 9.39. The Kier molecular flexibility index (Phi) is 9.69. The molecule has 0 bridgehead atoms. The largest absolute Gasteiger partial charge is 0.325 e. The molecule has 5 aromatic carbocycles. The number of aromatic nitrogens is 6. The first-order valence-electron chi connectivity index (χ1n) is 17.1. The van der Waals surface area contributed by atoms with E-state index in [2.05, 4.69) is 133 Å². The van der Waals surface area contributed by atoms with E-state index >= 15 is 0 Å². The Balaban J connectivity index is 1.28. The Labute approximate surface area is 298 Å². The lowest BCUT2D eigenvalue weighted by atomic mass is 9.77. The smallest absolute Gasteiger partial charge is 0.205 e. The van der Waals surface area contributed by atoms with Crippen LogP contribution in [0.3, 0.4) is 0 Å². The predicted molar refractivity (Wildman–Crippen MR) is 201 cm³/mol. The van der Waals surface area contributed by atoms with Crippen molar-refractivity contribution in [2.24, 2.45) is 5.73 Å². The van der Waals surface area contributed by atoms with Gasteiger partial charge < -0.3 is 10.3 Å². The van der Waals surface area contributed by atoms with Crippen molar-refractivity contribution in [3.63, 3.8) is 0 Å². The molecule has 2 heterocycles. The summed E-state index contributed by atoms with van der Waals surface area (Å²) in [5.41, 5.74) is 14.5. The molecule has 0 saturated carbocycles. The fourth-order valence-corrected chi connectivity index (χ4v) is 7.06. The second-order valence-electron chi connectivity index (χ2n) is 12.6. The van der Waals surface area contributed by atoms with Crippen molar-refractivity contribution in [2.75, 3.05) is 0 Å². The highest BCUT2D eigenvalue weighted by Gasteiger charge is 2.41. The first-order valence-corrected chi connectivity index (χ1v) is 17.5. The molecule has 7 nitrogen and oxygen atoms in total. The highest BCUT2D eigenvalue weighted by atomic mass is 35.5. The highest BCUT2D eigenvalue weighted by Crippen LogP contribution is 2.40. The van der Waals surface area contributed by atoms with Crippen LogP contribution in [0.2, 0.25) is 5.15 Å². The number of halogens is 1. The van der Waals surface area contributed by atoms with Gasteiger partial charge in [0.1, 0.15) is 5.82 Å². The zero-order valence-corrected chi connectivity index (χ0v) is 29.1. The number of rotatable bonds is 12. The predicted octanol–water partition coefficient (Wildman–Crippen LogP) is 8.86. The molecule has 0 unspecified atom stereocenters. The number of tetrazole rings is 1. The van der Waals surface area contributed by atoms with Gasteiger partial charge in [-0.3, -0.25) is 0 Å². The Morgan fingerprint density at radius 2 is 1.32 bits per heavy atom. The van der Waals surface area contributed by atoms with Crippen molar-refractivity contribution in [1.82, 2.24) is 29.8 Å². The molecule has 2 N–H and O–H groups in total. The minimum atomic E-state index is -0.855. The topological polar surface area (TPSA) is 87.4 Å². The van der Waals surface area contributed by atoms with Crippen molar-refractivity contribution in [3.05, 3.63) is 178 Å². The zero-order chi connectivity index (χ0) is 34.5. The van der Waals surface area contributed by atoms with Crippen molar-refractivity contribution in [2.45, 2.75) is 51.7 Å². The molecule has 0 fully saturated rings. The minimum Gasteiger partial charge on any atom is -0.325 e. The van der Waals surface area contributed by atoms with Crippen LogP contribution in [0, 0.1) is 6.92 Å². The van der Waals surface area contributed by atoms with Gasteiger partial charge in [-0.25, -0.2) is 4.98 Å². The SMILES string of the molecule is CCCCc1nc(Cl)c(CN)n1Cc1ccc(-c2ccccc2-c2nnn(C(c3ccccc3)(c3ccccc3)c3ccc(C)cc3)n2)cc1. The quantitative estimate of drug-likeness (QED) is 0.131. The van der Waals surface area contributed by atoms with Gasteiger partial charge in [0.25, 0.3) is 0 Å². The molecule has 0 atom stereocenters. The number of nitrogens with zero attached hydrogens (tertiary/aromatic N) is 6. The Hall–Kier alpha value is -5.37. The molecule has 250 valence electrons. The number of unbranched alkanes of at least 4 members (excludes halogenated alkanes) is 1. The van der Waals surface area contributed by atoms with Gasteiger partial charge in [-0.05, 0) is 51.9 Å². The molecular formula is C42H40ClN7. The van der Waals surface area contributed by atoms with Gasteiger partial charge in [0.05, 0.1) is 5.69 Å². The molecule has 0 spiro atoms. The van der Waals surface area contributed by atoms with E-state index in [4.69, 9.17) is 32.7 Å². The lowest BCUT2D eigenvalue weighted by molar-refractivity contribution is 0.395. The number of imidazole rings is 1. The third kappa shape index (κ3) is 6.26. The van der Waals surface area contributed by atoms with E-state index < -0.39 is 5.54 Å². The summed E-state index contributed by atoms with van der Waals surface area (Å²) in [5, 5.41) is 15.2. The summed E-state index contributed by atoms with van der Waals surface area (Å²) < 4.78 is 2.17. The van der Waals surface area contributed by atoms with E-state index in [1.165, 1.54) is 5.56 Å². The number of hydrogen-bond donors (Lipinski definition) is 1. The molecule has 0 radical (unpaired) electrons. The fourth-order valence-electron chi connectivity index (χ4n) is 6.78. The normalized spacial score (nSPS) is 11.6. The van der Waals surface area contributed by atoms with Crippen LogP contribution in [0.5, 0.6) is 0 Å². The van der Waals surface area contributed by atoms with Crippen LogP contribution in [-0.2, 0) is 25.0 Å². The maximum Gasteiger partial charge on any atom is 0.205 e. The summed E-state index contributed by atoms with van der Waals surface area (Å²) in [6, 6.07) is 46.2. The van der Waals surface area contributed by atoms with Gasteiger partial charge in [0, 0.05) is 25.1 Å². The number of benzene rings is 5. The molecular weight excluding hydrogens is 638 g/mol. The Bertz CT molecular complexity index is 2130. The Morgan fingerprint density at radius 3 is 1.94 bits per heavy atom. The van der Waals surface area contributed by atoms with E-state index in [-0.39, 0.29) is 0 Å². The minimum absolute atomic E-state index is 0.344. The number of hydrogen-bond acceptors (Lipinski definition) is 5. The van der Waals surface area contributed by atoms with E-state index in [0.29, 0.717) is 24.1 Å². The molecule has 8 heteroatoms. The van der Waals surface area contributed by atoms with Crippen LogP contribution in [0.15, 0.2) is 133 Å². The van der Waals surface area contributed by atoms with Crippen molar-refractivity contribution >= 4 is 11.6 Å². The van der Waals surface area contributed by atoms with Gasteiger partial charge in [0.15, 0.2) is 10.7 Å². The zero-order valence-electron chi connectivity index (χ0n) is 28.4. The highest BCUT2D eigenvalue weighted by molar-refractivity contribution is 6.30. The molecule has 0 aliphatic heterocycles. The van der Waals surface area contributed by atoms with Gasteiger partial charge in [-0.2, -0.15) is 0 Å². The second kappa shape index (κ2) is 14.6. The van der Waals surface area contributed by atoms with Gasteiger partial charge in [-0.15, -0.1) is 15.0 Å².